The maximum Gasteiger partial charge on any atom is 0.291 e. The molecule has 0 bridgehead atoms. The Labute approximate surface area is 173 Å². The minimum atomic E-state index is -0.317. The molecule has 5 nitrogen and oxygen atoms in total. The molecule has 0 fully saturated rings. The lowest BCUT2D eigenvalue weighted by Gasteiger charge is -2.03. The number of amides is 1. The molecule has 3 heterocycles. The Balaban J connectivity index is 1.66. The van der Waals surface area contributed by atoms with Gasteiger partial charge in [0.1, 0.15) is 4.88 Å². The van der Waals surface area contributed by atoms with Gasteiger partial charge in [0.05, 0.1) is 15.2 Å². The molecule has 2 aromatic carbocycles. The third kappa shape index (κ3) is 2.82. The Bertz CT molecular complexity index is 1300. The van der Waals surface area contributed by atoms with E-state index in [9.17, 15) is 4.79 Å². The molecule has 0 spiro atoms. The SMILES string of the molecule is CCCn1c(=NC(=O)c2sc3ccccc3c2Cl)sc2cc3c(cc21)OCO3. The molecule has 5 rings (SSSR count). The van der Waals surface area contributed by atoms with E-state index in [-0.39, 0.29) is 12.7 Å². The summed E-state index contributed by atoms with van der Waals surface area (Å²) >= 11 is 9.30. The molecule has 1 aliphatic rings. The van der Waals surface area contributed by atoms with Gasteiger partial charge in [-0.15, -0.1) is 11.3 Å². The Morgan fingerprint density at radius 1 is 1.18 bits per heavy atom. The van der Waals surface area contributed by atoms with Crippen LogP contribution in [0.4, 0.5) is 0 Å². The molecule has 28 heavy (non-hydrogen) atoms. The van der Waals surface area contributed by atoms with Crippen molar-refractivity contribution in [3.05, 3.63) is 51.1 Å². The van der Waals surface area contributed by atoms with Gasteiger partial charge in [-0.05, 0) is 12.5 Å². The first kappa shape index (κ1) is 17.7. The van der Waals surface area contributed by atoms with Crippen molar-refractivity contribution in [1.82, 2.24) is 4.57 Å². The minimum absolute atomic E-state index is 0.237. The number of hydrogen-bond donors (Lipinski definition) is 0. The molecule has 2 aromatic heterocycles. The number of carbonyl (C=O) groups is 1. The molecule has 0 saturated heterocycles. The van der Waals surface area contributed by atoms with E-state index in [1.54, 1.807) is 0 Å². The predicted molar refractivity (Wildman–Crippen MR) is 113 cm³/mol. The normalized spacial score (nSPS) is 13.7. The van der Waals surface area contributed by atoms with Crippen LogP contribution in [-0.4, -0.2) is 17.3 Å². The van der Waals surface area contributed by atoms with Gasteiger partial charge in [0.2, 0.25) is 6.79 Å². The third-order valence-corrected chi connectivity index (χ3v) is 7.26. The van der Waals surface area contributed by atoms with Gasteiger partial charge >= 0.3 is 0 Å². The Kier molecular flexibility index (Phi) is 4.38. The van der Waals surface area contributed by atoms with Crippen molar-refractivity contribution in [3.8, 4) is 11.5 Å². The minimum Gasteiger partial charge on any atom is -0.454 e. The zero-order valence-electron chi connectivity index (χ0n) is 14.9. The van der Waals surface area contributed by atoms with Crippen LogP contribution in [-0.2, 0) is 6.54 Å². The van der Waals surface area contributed by atoms with Crippen molar-refractivity contribution in [1.29, 1.82) is 0 Å². The second kappa shape index (κ2) is 6.92. The van der Waals surface area contributed by atoms with Gasteiger partial charge < -0.3 is 14.0 Å². The summed E-state index contributed by atoms with van der Waals surface area (Å²) in [4.78, 5) is 18.5. The fraction of sp³-hybridized carbons (Fsp3) is 0.200. The number of aromatic nitrogens is 1. The highest BCUT2D eigenvalue weighted by atomic mass is 35.5. The van der Waals surface area contributed by atoms with Crippen molar-refractivity contribution >= 4 is 60.5 Å². The number of carbonyl (C=O) groups excluding carboxylic acids is 1. The topological polar surface area (TPSA) is 52.8 Å². The number of ether oxygens (including phenoxy) is 2. The van der Waals surface area contributed by atoms with E-state index in [2.05, 4.69) is 16.5 Å². The average molecular weight is 431 g/mol. The lowest BCUT2D eigenvalue weighted by molar-refractivity contribution is 0.100. The highest BCUT2D eigenvalue weighted by Crippen LogP contribution is 2.38. The molecule has 1 aliphatic heterocycles. The van der Waals surface area contributed by atoms with Crippen LogP contribution < -0.4 is 14.3 Å². The van der Waals surface area contributed by atoms with Crippen LogP contribution in [0.1, 0.15) is 23.0 Å². The third-order valence-electron chi connectivity index (χ3n) is 4.55. The Morgan fingerprint density at radius 3 is 2.75 bits per heavy atom. The summed E-state index contributed by atoms with van der Waals surface area (Å²) in [7, 11) is 0. The highest BCUT2D eigenvalue weighted by molar-refractivity contribution is 7.21. The largest absolute Gasteiger partial charge is 0.454 e. The lowest BCUT2D eigenvalue weighted by atomic mass is 10.2. The molecule has 142 valence electrons. The quantitative estimate of drug-likeness (QED) is 0.434. The number of hydrogen-bond acceptors (Lipinski definition) is 5. The molecular weight excluding hydrogens is 416 g/mol. The number of halogens is 1. The number of thiazole rings is 1. The van der Waals surface area contributed by atoms with Gasteiger partial charge in [-0.1, -0.05) is 48.1 Å². The number of aryl methyl sites for hydroxylation is 1. The zero-order chi connectivity index (χ0) is 19.3. The van der Waals surface area contributed by atoms with Crippen LogP contribution in [0, 0.1) is 0 Å². The average Bonchev–Trinajstić information content (AvgIpc) is 3.37. The van der Waals surface area contributed by atoms with Crippen molar-refractivity contribution in [2.75, 3.05) is 6.79 Å². The molecule has 0 saturated carbocycles. The number of benzene rings is 2. The first-order valence-corrected chi connectivity index (χ1v) is 10.9. The molecule has 0 aliphatic carbocycles. The number of rotatable bonds is 3. The lowest BCUT2D eigenvalue weighted by Crippen LogP contribution is -2.16. The zero-order valence-corrected chi connectivity index (χ0v) is 17.3. The van der Waals surface area contributed by atoms with Crippen LogP contribution in [0.2, 0.25) is 5.02 Å². The van der Waals surface area contributed by atoms with Crippen LogP contribution in [0.15, 0.2) is 41.4 Å². The van der Waals surface area contributed by atoms with Crippen molar-refractivity contribution in [3.63, 3.8) is 0 Å². The summed E-state index contributed by atoms with van der Waals surface area (Å²) < 4.78 is 15.0. The van der Waals surface area contributed by atoms with Gasteiger partial charge in [0.25, 0.3) is 5.91 Å². The van der Waals surface area contributed by atoms with E-state index in [1.165, 1.54) is 22.7 Å². The maximum absolute atomic E-state index is 12.9. The molecule has 1 amide bonds. The summed E-state index contributed by atoms with van der Waals surface area (Å²) in [5.41, 5.74) is 0.991. The molecular formula is C20H15ClN2O3S2. The van der Waals surface area contributed by atoms with Gasteiger partial charge in [-0.2, -0.15) is 4.99 Å². The Morgan fingerprint density at radius 2 is 1.96 bits per heavy atom. The first-order valence-electron chi connectivity index (χ1n) is 8.85. The molecule has 8 heteroatoms. The van der Waals surface area contributed by atoms with E-state index < -0.39 is 0 Å². The van der Waals surface area contributed by atoms with E-state index >= 15 is 0 Å². The molecule has 0 unspecified atom stereocenters. The summed E-state index contributed by atoms with van der Waals surface area (Å²) in [5, 5.41) is 1.36. The Hall–Kier alpha value is -2.35. The second-order valence-corrected chi connectivity index (χ2v) is 8.81. The molecule has 0 radical (unpaired) electrons. The second-order valence-electron chi connectivity index (χ2n) is 6.37. The monoisotopic (exact) mass is 430 g/mol. The predicted octanol–water partition coefficient (Wildman–Crippen LogP) is 5.45. The summed E-state index contributed by atoms with van der Waals surface area (Å²) in [6.45, 7) is 3.09. The molecule has 4 aromatic rings. The van der Waals surface area contributed by atoms with Crippen LogP contribution in [0.3, 0.4) is 0 Å². The summed E-state index contributed by atoms with van der Waals surface area (Å²) in [5.74, 6) is 1.13. The van der Waals surface area contributed by atoms with Gasteiger partial charge in [0.15, 0.2) is 16.3 Å². The maximum atomic E-state index is 12.9. The number of nitrogens with zero attached hydrogens (tertiary/aromatic N) is 2. The number of fused-ring (bicyclic) bond motifs is 3. The van der Waals surface area contributed by atoms with E-state index in [0.29, 0.717) is 14.7 Å². The van der Waals surface area contributed by atoms with E-state index in [0.717, 1.165) is 44.8 Å². The van der Waals surface area contributed by atoms with Crippen LogP contribution >= 0.6 is 34.3 Å². The van der Waals surface area contributed by atoms with Gasteiger partial charge in [0, 0.05) is 28.8 Å². The van der Waals surface area contributed by atoms with Crippen molar-refractivity contribution in [2.45, 2.75) is 19.9 Å². The van der Waals surface area contributed by atoms with E-state index in [4.69, 9.17) is 21.1 Å². The first-order chi connectivity index (χ1) is 13.7. The van der Waals surface area contributed by atoms with Gasteiger partial charge in [-0.25, -0.2) is 0 Å². The molecule has 0 N–H and O–H groups in total. The number of thiophene rings is 1. The summed E-state index contributed by atoms with van der Waals surface area (Å²) in [6, 6.07) is 11.6. The van der Waals surface area contributed by atoms with Gasteiger partial charge in [-0.3, -0.25) is 4.79 Å². The van der Waals surface area contributed by atoms with E-state index in [1.807, 2.05) is 36.4 Å². The van der Waals surface area contributed by atoms with Crippen LogP contribution in [0.25, 0.3) is 20.3 Å². The fourth-order valence-corrected chi connectivity index (χ4v) is 5.74. The standard InChI is InChI=1S/C20H15ClN2O3S2/c1-2-7-23-12-8-13-14(26-10-25-13)9-16(12)28-20(23)22-19(24)18-17(21)11-5-3-4-6-15(11)27-18/h3-6,8-9H,2,7,10H2,1H3. The highest BCUT2D eigenvalue weighted by Gasteiger charge is 2.19. The van der Waals surface area contributed by atoms with Crippen molar-refractivity contribution in [2.24, 2.45) is 4.99 Å². The smallest absolute Gasteiger partial charge is 0.291 e. The van der Waals surface area contributed by atoms with Crippen LogP contribution in [0.5, 0.6) is 11.5 Å². The molecule has 0 atom stereocenters. The summed E-state index contributed by atoms with van der Waals surface area (Å²) in [6.07, 6.45) is 0.922. The van der Waals surface area contributed by atoms with Crippen molar-refractivity contribution < 1.29 is 14.3 Å². The fourth-order valence-electron chi connectivity index (χ4n) is 3.27.